The number of anilines is 1. The van der Waals surface area contributed by atoms with E-state index in [1.165, 1.54) is 12.1 Å². The molecule has 4 heteroatoms. The first-order valence-electron chi connectivity index (χ1n) is 5.78. The van der Waals surface area contributed by atoms with Gasteiger partial charge in [0.15, 0.2) is 0 Å². The molecule has 19 heavy (non-hydrogen) atoms. The zero-order chi connectivity index (χ0) is 13.8. The van der Waals surface area contributed by atoms with Gasteiger partial charge in [0.25, 0.3) is 0 Å². The molecule has 0 radical (unpaired) electrons. The van der Waals surface area contributed by atoms with E-state index in [1.807, 2.05) is 37.3 Å². The molecule has 96 valence electrons. The van der Waals surface area contributed by atoms with Crippen molar-refractivity contribution in [3.63, 3.8) is 0 Å². The Morgan fingerprint density at radius 1 is 1.21 bits per heavy atom. The van der Waals surface area contributed by atoms with Gasteiger partial charge in [-0.05, 0) is 31.2 Å². The third kappa shape index (κ3) is 3.24. The largest absolute Gasteiger partial charge is 0.366 e. The third-order valence-corrected chi connectivity index (χ3v) is 3.00. The zero-order valence-electron chi connectivity index (χ0n) is 10.3. The lowest BCUT2D eigenvalue weighted by Crippen LogP contribution is -2.10. The normalized spacial score (nSPS) is 11.7. The topological polar surface area (TPSA) is 35.8 Å². The van der Waals surface area contributed by atoms with Gasteiger partial charge in [0.05, 0.1) is 6.07 Å². The van der Waals surface area contributed by atoms with E-state index in [0.29, 0.717) is 5.02 Å². The van der Waals surface area contributed by atoms with Crippen LogP contribution in [-0.2, 0) is 0 Å². The smallest absolute Gasteiger partial charge is 0.143 e. The summed E-state index contributed by atoms with van der Waals surface area (Å²) in [4.78, 5) is 0. The van der Waals surface area contributed by atoms with E-state index in [-0.39, 0.29) is 5.56 Å². The molecule has 0 spiro atoms. The van der Waals surface area contributed by atoms with Gasteiger partial charge in [-0.15, -0.1) is 0 Å². The highest BCUT2D eigenvalue weighted by Gasteiger charge is 2.15. The lowest BCUT2D eigenvalue weighted by Gasteiger charge is -2.14. The number of benzene rings is 2. The standard InChI is InChI=1S/C15H12ClFN2/c1-10-2-5-12(6-3-10)19-15(9-18)13-7-4-11(16)8-14(13)17/h2-8,15,19H,1H3. The minimum Gasteiger partial charge on any atom is -0.366 e. The number of nitriles is 1. The summed E-state index contributed by atoms with van der Waals surface area (Å²) in [5.74, 6) is -0.487. The van der Waals surface area contributed by atoms with Crippen LogP contribution in [0.5, 0.6) is 0 Å². The number of nitrogens with one attached hydrogen (secondary N) is 1. The maximum atomic E-state index is 13.8. The monoisotopic (exact) mass is 274 g/mol. The second kappa shape index (κ2) is 5.73. The van der Waals surface area contributed by atoms with Crippen molar-refractivity contribution in [2.45, 2.75) is 13.0 Å². The Labute approximate surface area is 116 Å². The number of rotatable bonds is 3. The van der Waals surface area contributed by atoms with Crippen LogP contribution in [0.2, 0.25) is 5.02 Å². The first kappa shape index (κ1) is 13.4. The van der Waals surface area contributed by atoms with E-state index in [2.05, 4.69) is 5.32 Å². The fourth-order valence-corrected chi connectivity index (χ4v) is 1.89. The first-order valence-corrected chi connectivity index (χ1v) is 6.15. The number of nitrogens with zero attached hydrogens (tertiary/aromatic N) is 1. The first-order chi connectivity index (χ1) is 9.10. The molecule has 1 unspecified atom stereocenters. The highest BCUT2D eigenvalue weighted by atomic mass is 35.5. The van der Waals surface area contributed by atoms with Crippen LogP contribution in [-0.4, -0.2) is 0 Å². The molecule has 0 heterocycles. The van der Waals surface area contributed by atoms with Crippen LogP contribution < -0.4 is 5.32 Å². The molecule has 0 bridgehead atoms. The summed E-state index contributed by atoms with van der Waals surface area (Å²) in [6.45, 7) is 1.98. The predicted octanol–water partition coefficient (Wildman–Crippen LogP) is 4.46. The van der Waals surface area contributed by atoms with Gasteiger partial charge in [-0.1, -0.05) is 35.4 Å². The Morgan fingerprint density at radius 2 is 1.89 bits per heavy atom. The number of aryl methyl sites for hydroxylation is 1. The van der Waals surface area contributed by atoms with Crippen LogP contribution >= 0.6 is 11.6 Å². The van der Waals surface area contributed by atoms with Crippen molar-refractivity contribution in [3.05, 3.63) is 64.4 Å². The van der Waals surface area contributed by atoms with Gasteiger partial charge in [0.1, 0.15) is 11.9 Å². The van der Waals surface area contributed by atoms with Gasteiger partial charge in [-0.3, -0.25) is 0 Å². The maximum Gasteiger partial charge on any atom is 0.143 e. The molecule has 1 atom stereocenters. The van der Waals surface area contributed by atoms with Crippen molar-refractivity contribution in [3.8, 4) is 6.07 Å². The van der Waals surface area contributed by atoms with E-state index in [9.17, 15) is 9.65 Å². The summed E-state index contributed by atoms with van der Waals surface area (Å²) in [6, 6.07) is 13.2. The molecule has 2 rings (SSSR count). The second-order valence-corrected chi connectivity index (χ2v) is 4.67. The van der Waals surface area contributed by atoms with E-state index >= 15 is 0 Å². The summed E-state index contributed by atoms with van der Waals surface area (Å²) in [7, 11) is 0. The Hall–Kier alpha value is -2.05. The zero-order valence-corrected chi connectivity index (χ0v) is 11.1. The quantitative estimate of drug-likeness (QED) is 0.897. The predicted molar refractivity (Wildman–Crippen MR) is 74.6 cm³/mol. The van der Waals surface area contributed by atoms with Crippen LogP contribution in [0.25, 0.3) is 0 Å². The fraction of sp³-hybridized carbons (Fsp3) is 0.133. The van der Waals surface area contributed by atoms with Crippen LogP contribution in [0.15, 0.2) is 42.5 Å². The molecule has 0 amide bonds. The third-order valence-electron chi connectivity index (χ3n) is 2.77. The van der Waals surface area contributed by atoms with Gasteiger partial charge < -0.3 is 5.32 Å². The molecule has 0 aliphatic rings. The van der Waals surface area contributed by atoms with Crippen LogP contribution in [0, 0.1) is 24.1 Å². The van der Waals surface area contributed by atoms with E-state index < -0.39 is 11.9 Å². The molecule has 1 N–H and O–H groups in total. The van der Waals surface area contributed by atoms with E-state index in [1.54, 1.807) is 6.07 Å². The van der Waals surface area contributed by atoms with E-state index in [0.717, 1.165) is 11.3 Å². The van der Waals surface area contributed by atoms with Gasteiger partial charge in [-0.2, -0.15) is 5.26 Å². The van der Waals surface area contributed by atoms with Crippen molar-refractivity contribution >= 4 is 17.3 Å². The lowest BCUT2D eigenvalue weighted by atomic mass is 10.1. The minimum atomic E-state index is -0.750. The summed E-state index contributed by atoms with van der Waals surface area (Å²) in [5.41, 5.74) is 2.18. The highest BCUT2D eigenvalue weighted by Crippen LogP contribution is 2.24. The van der Waals surface area contributed by atoms with Crippen molar-refractivity contribution in [1.29, 1.82) is 5.26 Å². The van der Waals surface area contributed by atoms with Gasteiger partial charge in [0.2, 0.25) is 0 Å². The Bertz CT molecular complexity index is 617. The van der Waals surface area contributed by atoms with Gasteiger partial charge >= 0.3 is 0 Å². The van der Waals surface area contributed by atoms with Gasteiger partial charge in [-0.25, -0.2) is 4.39 Å². The lowest BCUT2D eigenvalue weighted by molar-refractivity contribution is 0.607. The number of halogens is 2. The van der Waals surface area contributed by atoms with Crippen LogP contribution in [0.4, 0.5) is 10.1 Å². The Balaban J connectivity index is 2.25. The summed E-state index contributed by atoms with van der Waals surface area (Å²) < 4.78 is 13.8. The van der Waals surface area contributed by atoms with Crippen molar-refractivity contribution in [1.82, 2.24) is 0 Å². The summed E-state index contributed by atoms with van der Waals surface area (Å²) in [6.07, 6.45) is 0. The maximum absolute atomic E-state index is 13.8. The molecule has 2 aromatic carbocycles. The minimum absolute atomic E-state index is 0.285. The summed E-state index contributed by atoms with van der Waals surface area (Å²) in [5, 5.41) is 12.5. The van der Waals surface area contributed by atoms with Crippen LogP contribution in [0.3, 0.4) is 0 Å². The molecule has 0 aromatic heterocycles. The molecule has 0 aliphatic carbocycles. The number of hydrogen-bond donors (Lipinski definition) is 1. The van der Waals surface area contributed by atoms with Crippen molar-refractivity contribution in [2.75, 3.05) is 5.32 Å². The Kier molecular flexibility index (Phi) is 4.03. The van der Waals surface area contributed by atoms with Crippen molar-refractivity contribution < 1.29 is 4.39 Å². The molecule has 2 aromatic rings. The molecule has 0 fully saturated rings. The van der Waals surface area contributed by atoms with Crippen LogP contribution in [0.1, 0.15) is 17.2 Å². The van der Waals surface area contributed by atoms with E-state index in [4.69, 9.17) is 11.6 Å². The number of hydrogen-bond acceptors (Lipinski definition) is 2. The fourth-order valence-electron chi connectivity index (χ4n) is 1.73. The molecule has 2 nitrogen and oxygen atoms in total. The summed E-state index contributed by atoms with van der Waals surface area (Å²) >= 11 is 5.70. The molecular formula is C15H12ClFN2. The average Bonchev–Trinajstić information content (AvgIpc) is 2.39. The van der Waals surface area contributed by atoms with Crippen molar-refractivity contribution in [2.24, 2.45) is 0 Å². The van der Waals surface area contributed by atoms with Gasteiger partial charge in [0, 0.05) is 16.3 Å². The molecule has 0 aliphatic heterocycles. The molecule has 0 saturated heterocycles. The molecular weight excluding hydrogens is 263 g/mol. The average molecular weight is 275 g/mol. The Morgan fingerprint density at radius 3 is 2.47 bits per heavy atom. The highest BCUT2D eigenvalue weighted by molar-refractivity contribution is 6.30. The molecule has 0 saturated carbocycles. The second-order valence-electron chi connectivity index (χ2n) is 4.24. The SMILES string of the molecule is Cc1ccc(NC(C#N)c2ccc(Cl)cc2F)cc1.